The minimum absolute atomic E-state index is 0.0421. The van der Waals surface area contributed by atoms with Gasteiger partial charge in [0.1, 0.15) is 0 Å². The Morgan fingerprint density at radius 1 is 0.733 bits per heavy atom. The number of unbranched alkanes of at least 4 members (excludes halogenated alkanes) is 13. The molecule has 0 unspecified atom stereocenters. The Balaban J connectivity index is 1.81. The SMILES string of the molecule is CCCCCCCCCCCCCC/C=C(\C#CC#CCCCO[Si](c1ccccc1)(c1ccccc1)C(C)(C)C)OC(C)=O. The van der Waals surface area contributed by atoms with E-state index in [0.717, 1.165) is 19.3 Å². The molecule has 0 spiro atoms. The summed E-state index contributed by atoms with van der Waals surface area (Å²) in [5.74, 6) is 12.0. The Morgan fingerprint density at radius 3 is 1.73 bits per heavy atom. The smallest absolute Gasteiger partial charge is 0.308 e. The number of ether oxygens (including phenoxy) is 1. The third-order valence-corrected chi connectivity index (χ3v) is 13.2. The number of carbonyl (C=O) groups excluding carboxylic acids is 1. The van der Waals surface area contributed by atoms with Gasteiger partial charge in [-0.3, -0.25) is 4.79 Å². The van der Waals surface area contributed by atoms with E-state index in [9.17, 15) is 4.79 Å². The van der Waals surface area contributed by atoms with Crippen LogP contribution in [0.5, 0.6) is 0 Å². The molecule has 0 fully saturated rings. The predicted octanol–water partition coefficient (Wildman–Crippen LogP) is 9.89. The Hall–Kier alpha value is -3.05. The molecule has 0 amide bonds. The van der Waals surface area contributed by atoms with Crippen LogP contribution >= 0.6 is 0 Å². The second-order valence-electron chi connectivity index (χ2n) is 13.0. The molecule has 0 bridgehead atoms. The van der Waals surface area contributed by atoms with Crippen LogP contribution in [0.4, 0.5) is 0 Å². The summed E-state index contributed by atoms with van der Waals surface area (Å²) < 4.78 is 12.3. The van der Waals surface area contributed by atoms with Gasteiger partial charge in [0.2, 0.25) is 0 Å². The van der Waals surface area contributed by atoms with Crippen molar-refractivity contribution in [3.8, 4) is 23.7 Å². The molecule has 2 rings (SSSR count). The van der Waals surface area contributed by atoms with Crippen LogP contribution in [0.15, 0.2) is 72.5 Å². The zero-order valence-corrected chi connectivity index (χ0v) is 29.9. The highest BCUT2D eigenvalue weighted by atomic mass is 28.4. The van der Waals surface area contributed by atoms with Gasteiger partial charge >= 0.3 is 5.97 Å². The lowest BCUT2D eigenvalue weighted by atomic mass is 10.0. The van der Waals surface area contributed by atoms with E-state index in [2.05, 4.69) is 112 Å². The molecule has 0 radical (unpaired) electrons. The van der Waals surface area contributed by atoms with E-state index >= 15 is 0 Å². The van der Waals surface area contributed by atoms with Crippen LogP contribution in [0.3, 0.4) is 0 Å². The largest absolute Gasteiger partial charge is 0.418 e. The number of hydrogen-bond donors (Lipinski definition) is 0. The summed E-state index contributed by atoms with van der Waals surface area (Å²) in [6.45, 7) is 11.2. The summed E-state index contributed by atoms with van der Waals surface area (Å²) in [5.41, 5.74) is 0. The van der Waals surface area contributed by atoms with Crippen LogP contribution in [0.25, 0.3) is 0 Å². The van der Waals surface area contributed by atoms with Gasteiger partial charge in [0.05, 0.1) is 0 Å². The van der Waals surface area contributed by atoms with Gasteiger partial charge in [0.15, 0.2) is 5.76 Å². The van der Waals surface area contributed by atoms with Crippen molar-refractivity contribution in [1.82, 2.24) is 0 Å². The average Bonchev–Trinajstić information content (AvgIpc) is 3.02. The standard InChI is InChI=1S/C41H58O3Si/c1-6-7-8-9-10-11-12-13-14-15-16-18-23-30-38(44-37(2)42)31-24-19-17-20-29-36-43-45(41(3,4)5,39-32-25-21-26-33-39)40-34-27-22-28-35-40/h21-22,25-28,30,32-35H,6-16,18,20,23,29,36H2,1-5H3/b38-30+. The molecular formula is C41H58O3Si. The zero-order chi connectivity index (χ0) is 32.6. The zero-order valence-electron chi connectivity index (χ0n) is 28.9. The molecule has 45 heavy (non-hydrogen) atoms. The first-order chi connectivity index (χ1) is 21.8. The molecule has 0 aliphatic heterocycles. The first kappa shape index (κ1) is 38.1. The van der Waals surface area contributed by atoms with Crippen LogP contribution in [-0.2, 0) is 14.0 Å². The van der Waals surface area contributed by atoms with E-state index in [0.29, 0.717) is 18.8 Å². The van der Waals surface area contributed by atoms with E-state index in [4.69, 9.17) is 9.16 Å². The van der Waals surface area contributed by atoms with E-state index in [1.165, 1.54) is 87.9 Å². The van der Waals surface area contributed by atoms with Crippen molar-refractivity contribution in [2.45, 2.75) is 136 Å². The van der Waals surface area contributed by atoms with Crippen LogP contribution in [0.2, 0.25) is 5.04 Å². The average molecular weight is 627 g/mol. The lowest BCUT2D eigenvalue weighted by Gasteiger charge is -2.43. The maximum absolute atomic E-state index is 11.6. The highest BCUT2D eigenvalue weighted by Crippen LogP contribution is 2.36. The molecule has 0 saturated carbocycles. The van der Waals surface area contributed by atoms with E-state index < -0.39 is 8.32 Å². The fourth-order valence-corrected chi connectivity index (χ4v) is 10.4. The monoisotopic (exact) mass is 626 g/mol. The summed E-state index contributed by atoms with van der Waals surface area (Å²) in [6, 6.07) is 21.4. The van der Waals surface area contributed by atoms with Crippen LogP contribution in [0, 0.1) is 23.7 Å². The van der Waals surface area contributed by atoms with Crippen molar-refractivity contribution >= 4 is 24.7 Å². The lowest BCUT2D eigenvalue weighted by molar-refractivity contribution is -0.136. The van der Waals surface area contributed by atoms with E-state index in [1.807, 2.05) is 6.08 Å². The number of hydrogen-bond acceptors (Lipinski definition) is 3. The number of esters is 1. The second-order valence-corrected chi connectivity index (χ2v) is 17.3. The summed E-state index contributed by atoms with van der Waals surface area (Å²) in [4.78, 5) is 11.6. The maximum atomic E-state index is 11.6. The minimum atomic E-state index is -2.52. The Morgan fingerprint density at radius 2 is 1.24 bits per heavy atom. The lowest BCUT2D eigenvalue weighted by Crippen LogP contribution is -2.66. The van der Waals surface area contributed by atoms with Gasteiger partial charge in [-0.25, -0.2) is 0 Å². The molecule has 0 saturated heterocycles. The van der Waals surface area contributed by atoms with Gasteiger partial charge in [0, 0.05) is 20.0 Å². The van der Waals surface area contributed by atoms with Gasteiger partial charge in [-0.2, -0.15) is 0 Å². The minimum Gasteiger partial charge on any atom is -0.418 e. The number of allylic oxidation sites excluding steroid dienone is 2. The van der Waals surface area contributed by atoms with Crippen molar-refractivity contribution in [3.05, 3.63) is 72.5 Å². The Bertz CT molecular complexity index is 1200. The van der Waals surface area contributed by atoms with Crippen molar-refractivity contribution in [2.75, 3.05) is 6.61 Å². The summed E-state index contributed by atoms with van der Waals surface area (Å²) in [5, 5.41) is 2.53. The first-order valence-corrected chi connectivity index (χ1v) is 19.3. The summed E-state index contributed by atoms with van der Waals surface area (Å²) in [6.07, 6.45) is 20.2. The van der Waals surface area contributed by atoms with Crippen molar-refractivity contribution < 1.29 is 14.0 Å². The maximum Gasteiger partial charge on any atom is 0.308 e. The van der Waals surface area contributed by atoms with Crippen LogP contribution < -0.4 is 10.4 Å². The number of benzene rings is 2. The van der Waals surface area contributed by atoms with Crippen LogP contribution in [0.1, 0.15) is 131 Å². The molecule has 2 aromatic carbocycles. The molecule has 0 aliphatic rings. The van der Waals surface area contributed by atoms with Gasteiger partial charge in [-0.1, -0.05) is 165 Å². The molecule has 0 aliphatic carbocycles. The van der Waals surface area contributed by atoms with E-state index in [1.54, 1.807) is 0 Å². The number of carbonyl (C=O) groups is 1. The molecule has 0 heterocycles. The third kappa shape index (κ3) is 14.7. The van der Waals surface area contributed by atoms with Crippen molar-refractivity contribution in [2.24, 2.45) is 0 Å². The first-order valence-electron chi connectivity index (χ1n) is 17.4. The van der Waals surface area contributed by atoms with Gasteiger partial charge < -0.3 is 9.16 Å². The normalized spacial score (nSPS) is 11.7. The Labute approximate surface area is 276 Å². The topological polar surface area (TPSA) is 35.5 Å². The van der Waals surface area contributed by atoms with E-state index in [-0.39, 0.29) is 11.0 Å². The van der Waals surface area contributed by atoms with Gasteiger partial charge in [-0.05, 0) is 58.5 Å². The second kappa shape index (κ2) is 22.5. The quantitative estimate of drug-likeness (QED) is 0.0482. The highest BCUT2D eigenvalue weighted by molar-refractivity contribution is 6.99. The van der Waals surface area contributed by atoms with Crippen LogP contribution in [-0.4, -0.2) is 20.9 Å². The predicted molar refractivity (Wildman–Crippen MR) is 194 cm³/mol. The molecule has 244 valence electrons. The molecule has 0 N–H and O–H groups in total. The molecule has 2 aromatic rings. The Kier molecular flexibility index (Phi) is 19.0. The molecular weight excluding hydrogens is 569 g/mol. The highest BCUT2D eigenvalue weighted by Gasteiger charge is 2.49. The fraction of sp³-hybridized carbons (Fsp3) is 0.537. The van der Waals surface area contributed by atoms with Crippen molar-refractivity contribution in [3.63, 3.8) is 0 Å². The summed E-state index contributed by atoms with van der Waals surface area (Å²) in [7, 11) is -2.52. The molecule has 4 heteroatoms. The molecule has 0 atom stereocenters. The summed E-state index contributed by atoms with van der Waals surface area (Å²) >= 11 is 0. The molecule has 3 nitrogen and oxygen atoms in total. The van der Waals surface area contributed by atoms with Crippen molar-refractivity contribution in [1.29, 1.82) is 0 Å². The van der Waals surface area contributed by atoms with Gasteiger partial charge in [-0.15, -0.1) is 0 Å². The fourth-order valence-electron chi connectivity index (χ4n) is 5.84. The van der Waals surface area contributed by atoms with Gasteiger partial charge in [0.25, 0.3) is 8.32 Å². The molecule has 0 aromatic heterocycles. The number of rotatable bonds is 20. The third-order valence-electron chi connectivity index (χ3n) is 8.16.